The molecule has 2 aromatic rings. The molecule has 0 spiro atoms. The van der Waals surface area contributed by atoms with Crippen LogP contribution in [0.3, 0.4) is 0 Å². The first-order valence-corrected chi connectivity index (χ1v) is 8.84. The molecule has 0 aliphatic rings. The quantitative estimate of drug-likeness (QED) is 0.207. The van der Waals surface area contributed by atoms with Crippen LogP contribution in [0.15, 0.2) is 46.0 Å². The maximum Gasteiger partial charge on any atom is 0.422 e. The second kappa shape index (κ2) is 12.3. The van der Waals surface area contributed by atoms with Crippen LogP contribution in [0.5, 0.6) is 5.75 Å². The fourth-order valence-corrected chi connectivity index (χ4v) is 2.35. The van der Waals surface area contributed by atoms with Crippen molar-refractivity contribution in [2.45, 2.75) is 19.6 Å². The van der Waals surface area contributed by atoms with Gasteiger partial charge < -0.3 is 25.1 Å². The van der Waals surface area contributed by atoms with Crippen LogP contribution >= 0.6 is 24.0 Å². The first-order chi connectivity index (χ1) is 13.8. The van der Waals surface area contributed by atoms with E-state index in [1.807, 2.05) is 0 Å². The number of nitrogens with one attached hydrogen (secondary N) is 3. The Kier molecular flexibility index (Phi) is 10.5. The molecule has 0 atom stereocenters. The van der Waals surface area contributed by atoms with Gasteiger partial charge in [-0.1, -0.05) is 12.1 Å². The molecule has 0 radical (unpaired) electrons. The van der Waals surface area contributed by atoms with Crippen LogP contribution in [0.1, 0.15) is 21.7 Å². The summed E-state index contributed by atoms with van der Waals surface area (Å²) in [6.07, 6.45) is -3.00. The van der Waals surface area contributed by atoms with E-state index in [0.717, 1.165) is 5.56 Å². The van der Waals surface area contributed by atoms with Crippen molar-refractivity contribution in [2.24, 2.45) is 4.99 Å². The molecule has 30 heavy (non-hydrogen) atoms. The van der Waals surface area contributed by atoms with Gasteiger partial charge in [0.1, 0.15) is 5.75 Å². The zero-order chi connectivity index (χ0) is 21.3. The Morgan fingerprint density at radius 3 is 2.53 bits per heavy atom. The minimum Gasteiger partial charge on any atom is -0.484 e. The lowest BCUT2D eigenvalue weighted by atomic mass is 10.1. The van der Waals surface area contributed by atoms with E-state index in [0.29, 0.717) is 24.6 Å². The maximum absolute atomic E-state index is 12.5. The molecule has 1 aromatic heterocycles. The van der Waals surface area contributed by atoms with Gasteiger partial charge in [0.05, 0.1) is 6.26 Å². The summed E-state index contributed by atoms with van der Waals surface area (Å²) < 4.78 is 47.3. The smallest absolute Gasteiger partial charge is 0.422 e. The van der Waals surface area contributed by atoms with Crippen molar-refractivity contribution >= 4 is 35.8 Å². The highest BCUT2D eigenvalue weighted by Gasteiger charge is 2.28. The number of aryl methyl sites for hydroxylation is 1. The van der Waals surface area contributed by atoms with Crippen LogP contribution in [0.2, 0.25) is 0 Å². The number of alkyl halides is 3. The number of guanidine groups is 1. The normalized spacial score (nSPS) is 11.4. The molecule has 3 N–H and O–H groups in total. The van der Waals surface area contributed by atoms with Crippen molar-refractivity contribution in [3.05, 3.63) is 53.5 Å². The van der Waals surface area contributed by atoms with Crippen LogP contribution in [0, 0.1) is 6.92 Å². The molecule has 1 aromatic carbocycles. The number of carbonyl (C=O) groups excluding carboxylic acids is 1. The fourth-order valence-electron chi connectivity index (χ4n) is 2.35. The topological polar surface area (TPSA) is 87.9 Å². The standard InChI is InChI=1S/C19H23F3N4O3.HI/c1-13-5-6-14(16(10-13)29-12-19(20,21)22)11-26-18(23-2)25-8-7-24-17(27)15-4-3-9-28-15;/h3-6,9-10H,7-8,11-12H2,1-2H3,(H,24,27)(H2,23,25,26);1H. The number of rotatable bonds is 8. The van der Waals surface area contributed by atoms with Crippen molar-refractivity contribution in [1.82, 2.24) is 16.0 Å². The lowest BCUT2D eigenvalue weighted by Crippen LogP contribution is -2.41. The number of halogens is 4. The van der Waals surface area contributed by atoms with Gasteiger partial charge in [-0.15, -0.1) is 24.0 Å². The molecule has 2 rings (SSSR count). The van der Waals surface area contributed by atoms with Crippen LogP contribution in [-0.2, 0) is 6.54 Å². The van der Waals surface area contributed by atoms with E-state index in [2.05, 4.69) is 20.9 Å². The molecule has 0 unspecified atom stereocenters. The molecule has 0 aliphatic carbocycles. The highest BCUT2D eigenvalue weighted by atomic mass is 127. The summed E-state index contributed by atoms with van der Waals surface area (Å²) in [7, 11) is 1.56. The number of benzene rings is 1. The van der Waals surface area contributed by atoms with Gasteiger partial charge in [0.25, 0.3) is 5.91 Å². The average molecular weight is 540 g/mol. The minimum absolute atomic E-state index is 0. The minimum atomic E-state index is -4.41. The van der Waals surface area contributed by atoms with Gasteiger partial charge in [0.15, 0.2) is 18.3 Å². The van der Waals surface area contributed by atoms with Gasteiger partial charge in [0, 0.05) is 32.2 Å². The third-order valence-corrected chi connectivity index (χ3v) is 3.73. The van der Waals surface area contributed by atoms with Gasteiger partial charge >= 0.3 is 6.18 Å². The molecule has 11 heteroatoms. The van der Waals surface area contributed by atoms with E-state index in [1.54, 1.807) is 44.3 Å². The molecule has 0 saturated heterocycles. The summed E-state index contributed by atoms with van der Waals surface area (Å²) in [5, 5.41) is 8.68. The third-order valence-electron chi connectivity index (χ3n) is 3.73. The van der Waals surface area contributed by atoms with Gasteiger partial charge in [0.2, 0.25) is 0 Å². The monoisotopic (exact) mass is 540 g/mol. The molecule has 7 nitrogen and oxygen atoms in total. The molecule has 166 valence electrons. The number of furan rings is 1. The Labute approximate surface area is 189 Å². The second-order valence-electron chi connectivity index (χ2n) is 6.10. The fraction of sp³-hybridized carbons (Fsp3) is 0.368. The van der Waals surface area contributed by atoms with Gasteiger partial charge in [-0.05, 0) is 30.7 Å². The lowest BCUT2D eigenvalue weighted by Gasteiger charge is -2.16. The second-order valence-corrected chi connectivity index (χ2v) is 6.10. The number of nitrogens with zero attached hydrogens (tertiary/aromatic N) is 1. The predicted octanol–water partition coefficient (Wildman–Crippen LogP) is 3.24. The van der Waals surface area contributed by atoms with Crippen LogP contribution in [0.25, 0.3) is 0 Å². The molecule has 1 amide bonds. The summed E-state index contributed by atoms with van der Waals surface area (Å²) in [5.74, 6) is 0.486. The largest absolute Gasteiger partial charge is 0.484 e. The number of carbonyl (C=O) groups is 1. The Morgan fingerprint density at radius 2 is 1.90 bits per heavy atom. The molecule has 0 aliphatic heterocycles. The van der Waals surface area contributed by atoms with Gasteiger partial charge in [-0.2, -0.15) is 13.2 Å². The summed E-state index contributed by atoms with van der Waals surface area (Å²) >= 11 is 0. The SMILES string of the molecule is CN=C(NCCNC(=O)c1ccco1)NCc1ccc(C)cc1OCC(F)(F)F.I. The average Bonchev–Trinajstić information content (AvgIpc) is 3.21. The maximum atomic E-state index is 12.5. The van der Waals surface area contributed by atoms with Crippen molar-refractivity contribution < 1.29 is 27.1 Å². The molecule has 0 saturated carbocycles. The molecular weight excluding hydrogens is 516 g/mol. The Balaban J connectivity index is 0.00000450. The van der Waals surface area contributed by atoms with E-state index in [1.165, 1.54) is 6.26 Å². The first kappa shape index (κ1) is 25.6. The van der Waals surface area contributed by atoms with E-state index >= 15 is 0 Å². The van der Waals surface area contributed by atoms with Gasteiger partial charge in [-0.3, -0.25) is 9.79 Å². The molecule has 0 bridgehead atoms. The van der Waals surface area contributed by atoms with Crippen molar-refractivity contribution in [3.63, 3.8) is 0 Å². The van der Waals surface area contributed by atoms with Crippen molar-refractivity contribution in [1.29, 1.82) is 0 Å². The predicted molar refractivity (Wildman–Crippen MR) is 117 cm³/mol. The number of ether oxygens (including phenoxy) is 1. The van der Waals surface area contributed by atoms with Crippen LogP contribution in [-0.4, -0.2) is 44.8 Å². The summed E-state index contributed by atoms with van der Waals surface area (Å²) in [6.45, 7) is 1.34. The Hall–Kier alpha value is -2.44. The zero-order valence-corrected chi connectivity index (χ0v) is 18.8. The van der Waals surface area contributed by atoms with Crippen molar-refractivity contribution in [2.75, 3.05) is 26.7 Å². The Morgan fingerprint density at radius 1 is 1.17 bits per heavy atom. The van der Waals surface area contributed by atoms with Crippen LogP contribution < -0.4 is 20.7 Å². The molecule has 0 fully saturated rings. The summed E-state index contributed by atoms with van der Waals surface area (Å²) in [5.41, 5.74) is 1.36. The van der Waals surface area contributed by atoms with E-state index in [-0.39, 0.29) is 47.9 Å². The molecule has 1 heterocycles. The first-order valence-electron chi connectivity index (χ1n) is 8.84. The highest BCUT2D eigenvalue weighted by Crippen LogP contribution is 2.23. The number of hydrogen-bond donors (Lipinski definition) is 3. The summed E-state index contributed by atoms with van der Waals surface area (Å²) in [4.78, 5) is 15.8. The van der Waals surface area contributed by atoms with Crippen molar-refractivity contribution in [3.8, 4) is 5.75 Å². The number of amides is 1. The van der Waals surface area contributed by atoms with E-state index < -0.39 is 12.8 Å². The van der Waals surface area contributed by atoms with Gasteiger partial charge in [-0.25, -0.2) is 0 Å². The molecular formula is C19H24F3IN4O3. The Bertz CT molecular complexity index is 827. The van der Waals surface area contributed by atoms with E-state index in [4.69, 9.17) is 9.15 Å². The lowest BCUT2D eigenvalue weighted by molar-refractivity contribution is -0.153. The van der Waals surface area contributed by atoms with Crippen LogP contribution in [0.4, 0.5) is 13.2 Å². The van der Waals surface area contributed by atoms with E-state index in [9.17, 15) is 18.0 Å². The summed E-state index contributed by atoms with van der Waals surface area (Å²) in [6, 6.07) is 8.23. The zero-order valence-electron chi connectivity index (χ0n) is 16.5. The third kappa shape index (κ3) is 8.93. The highest BCUT2D eigenvalue weighted by molar-refractivity contribution is 14.0. The number of aliphatic imine (C=N–C) groups is 1. The number of hydrogen-bond acceptors (Lipinski definition) is 4.